The van der Waals surface area contributed by atoms with Gasteiger partial charge in [0.1, 0.15) is 5.82 Å². The number of aliphatic hydroxyl groups is 1. The predicted molar refractivity (Wildman–Crippen MR) is 73.9 cm³/mol. The second-order valence-electron chi connectivity index (χ2n) is 5.99. The van der Waals surface area contributed by atoms with Crippen molar-refractivity contribution >= 4 is 5.78 Å². The van der Waals surface area contributed by atoms with Crippen LogP contribution in [0.1, 0.15) is 31.2 Å². The number of piperidine rings is 1. The largest absolute Gasteiger partial charge is 0.393 e. The molecule has 0 amide bonds. The Balaban J connectivity index is 1.61. The maximum absolute atomic E-state index is 13.5. The summed E-state index contributed by atoms with van der Waals surface area (Å²) in [5, 5.41) is 9.75. The Hall–Kier alpha value is -1.26. The van der Waals surface area contributed by atoms with Crippen molar-refractivity contribution in [3.05, 3.63) is 35.6 Å². The van der Waals surface area contributed by atoms with Crippen molar-refractivity contribution in [2.24, 2.45) is 0 Å². The minimum absolute atomic E-state index is 0.0587. The summed E-state index contributed by atoms with van der Waals surface area (Å²) in [6.07, 6.45) is 3.60. The summed E-state index contributed by atoms with van der Waals surface area (Å²) >= 11 is 0. The van der Waals surface area contributed by atoms with Crippen LogP contribution >= 0.6 is 0 Å². The fraction of sp³-hybridized carbons (Fsp3) is 0.562. The second kappa shape index (κ2) is 5.62. The summed E-state index contributed by atoms with van der Waals surface area (Å²) in [5.41, 5.74) is 0.474. The lowest BCUT2D eigenvalue weighted by Crippen LogP contribution is -2.47. The zero-order chi connectivity index (χ0) is 14.1. The number of nitrogens with zero attached hydrogens (tertiary/aromatic N) is 1. The fourth-order valence-corrected chi connectivity index (χ4v) is 3.62. The van der Waals surface area contributed by atoms with E-state index in [1.807, 2.05) is 0 Å². The number of carbonyl (C=O) groups excluding carboxylic acids is 1. The van der Waals surface area contributed by atoms with Crippen molar-refractivity contribution in [1.29, 1.82) is 0 Å². The van der Waals surface area contributed by atoms with E-state index in [0.29, 0.717) is 24.2 Å². The number of aliphatic hydroxyl groups excluding tert-OH is 1. The van der Waals surface area contributed by atoms with Gasteiger partial charge in [-0.2, -0.15) is 0 Å². The second-order valence-corrected chi connectivity index (χ2v) is 5.99. The maximum atomic E-state index is 13.5. The summed E-state index contributed by atoms with van der Waals surface area (Å²) < 4.78 is 13.5. The number of halogens is 1. The third-order valence-electron chi connectivity index (χ3n) is 4.56. The van der Waals surface area contributed by atoms with Gasteiger partial charge in [-0.05, 0) is 37.3 Å². The molecular formula is C16H20FNO2. The van der Waals surface area contributed by atoms with E-state index in [1.54, 1.807) is 18.2 Å². The molecule has 3 nitrogen and oxygen atoms in total. The van der Waals surface area contributed by atoms with Crippen LogP contribution in [0.2, 0.25) is 0 Å². The van der Waals surface area contributed by atoms with Gasteiger partial charge >= 0.3 is 0 Å². The Labute approximate surface area is 118 Å². The molecule has 0 saturated carbocycles. The minimum atomic E-state index is -0.308. The van der Waals surface area contributed by atoms with E-state index < -0.39 is 0 Å². The zero-order valence-electron chi connectivity index (χ0n) is 11.5. The summed E-state index contributed by atoms with van der Waals surface area (Å²) in [6.45, 7) is 0.385. The van der Waals surface area contributed by atoms with Crippen LogP contribution in [0.25, 0.3) is 0 Å². The van der Waals surface area contributed by atoms with Crippen LogP contribution in [0.3, 0.4) is 0 Å². The zero-order valence-corrected chi connectivity index (χ0v) is 11.5. The Bertz CT molecular complexity index is 491. The lowest BCUT2D eigenvalue weighted by Gasteiger charge is -2.36. The maximum Gasteiger partial charge on any atom is 0.151 e. The molecule has 0 aliphatic carbocycles. The number of rotatable bonds is 4. The number of fused-ring (bicyclic) bond motifs is 2. The van der Waals surface area contributed by atoms with Crippen LogP contribution in [0.4, 0.5) is 4.39 Å². The average Bonchev–Trinajstić information content (AvgIpc) is 2.65. The first kappa shape index (κ1) is 13.7. The van der Waals surface area contributed by atoms with Gasteiger partial charge in [-0.3, -0.25) is 9.69 Å². The molecule has 2 aliphatic heterocycles. The van der Waals surface area contributed by atoms with E-state index in [0.717, 1.165) is 25.7 Å². The molecule has 0 radical (unpaired) electrons. The first-order valence-electron chi connectivity index (χ1n) is 7.32. The molecule has 3 rings (SSSR count). The van der Waals surface area contributed by atoms with Gasteiger partial charge in [0.05, 0.1) is 12.6 Å². The van der Waals surface area contributed by atoms with Gasteiger partial charge in [-0.15, -0.1) is 0 Å². The van der Waals surface area contributed by atoms with Crippen LogP contribution in [0, 0.1) is 5.82 Å². The molecule has 2 saturated heterocycles. The topological polar surface area (TPSA) is 40.5 Å². The molecule has 1 N–H and O–H groups in total. The van der Waals surface area contributed by atoms with Crippen LogP contribution in [-0.4, -0.2) is 40.5 Å². The SMILES string of the molecule is O=C(Cc1ccccc1F)CN1C2CCC1CC(O)C2. The number of benzene rings is 1. The Morgan fingerprint density at radius 3 is 2.55 bits per heavy atom. The van der Waals surface area contributed by atoms with E-state index in [4.69, 9.17) is 0 Å². The smallest absolute Gasteiger partial charge is 0.151 e. The first-order valence-corrected chi connectivity index (χ1v) is 7.32. The van der Waals surface area contributed by atoms with Gasteiger partial charge in [0.2, 0.25) is 0 Å². The molecule has 2 unspecified atom stereocenters. The molecular weight excluding hydrogens is 257 g/mol. The van der Waals surface area contributed by atoms with Crippen LogP contribution < -0.4 is 0 Å². The highest BCUT2D eigenvalue weighted by molar-refractivity contribution is 5.83. The van der Waals surface area contributed by atoms with Gasteiger partial charge in [-0.25, -0.2) is 4.39 Å². The third-order valence-corrected chi connectivity index (χ3v) is 4.56. The van der Waals surface area contributed by atoms with Crippen molar-refractivity contribution in [2.75, 3.05) is 6.54 Å². The van der Waals surface area contributed by atoms with E-state index in [9.17, 15) is 14.3 Å². The van der Waals surface area contributed by atoms with Crippen molar-refractivity contribution in [1.82, 2.24) is 4.90 Å². The van der Waals surface area contributed by atoms with Crippen molar-refractivity contribution in [3.63, 3.8) is 0 Å². The van der Waals surface area contributed by atoms with Gasteiger partial charge < -0.3 is 5.11 Å². The van der Waals surface area contributed by atoms with Crippen molar-refractivity contribution in [3.8, 4) is 0 Å². The molecule has 4 heteroatoms. The lowest BCUT2D eigenvalue weighted by molar-refractivity contribution is -0.121. The monoisotopic (exact) mass is 277 g/mol. The van der Waals surface area contributed by atoms with Gasteiger partial charge in [-0.1, -0.05) is 18.2 Å². The molecule has 2 atom stereocenters. The highest BCUT2D eigenvalue weighted by atomic mass is 19.1. The van der Waals surface area contributed by atoms with E-state index in [1.165, 1.54) is 6.07 Å². The standard InChI is InChI=1S/C16H20FNO2/c17-16-4-2-1-3-11(16)7-15(20)10-18-12-5-6-13(18)9-14(19)8-12/h1-4,12-14,19H,5-10H2. The summed E-state index contributed by atoms with van der Waals surface area (Å²) in [5.74, 6) is -0.249. The fourth-order valence-electron chi connectivity index (χ4n) is 3.62. The van der Waals surface area contributed by atoms with Crippen LogP contribution in [0.15, 0.2) is 24.3 Å². The molecule has 2 bridgehead atoms. The highest BCUT2D eigenvalue weighted by Gasteiger charge is 2.40. The van der Waals surface area contributed by atoms with Crippen LogP contribution in [-0.2, 0) is 11.2 Å². The Kier molecular flexibility index (Phi) is 3.85. The molecule has 1 aromatic rings. The summed E-state index contributed by atoms with van der Waals surface area (Å²) in [6, 6.07) is 7.11. The molecule has 0 spiro atoms. The molecule has 2 fully saturated rings. The van der Waals surface area contributed by atoms with E-state index in [-0.39, 0.29) is 24.1 Å². The third kappa shape index (κ3) is 2.76. The molecule has 20 heavy (non-hydrogen) atoms. The molecule has 2 heterocycles. The van der Waals surface area contributed by atoms with Crippen molar-refractivity contribution in [2.45, 2.75) is 50.3 Å². The van der Waals surface area contributed by atoms with E-state index in [2.05, 4.69) is 4.90 Å². The average molecular weight is 277 g/mol. The number of ketones is 1. The van der Waals surface area contributed by atoms with Crippen molar-refractivity contribution < 1.29 is 14.3 Å². The first-order chi connectivity index (χ1) is 9.63. The quantitative estimate of drug-likeness (QED) is 0.914. The summed E-state index contributed by atoms with van der Waals surface area (Å²) in [7, 11) is 0. The number of carbonyl (C=O) groups is 1. The number of hydrogen-bond donors (Lipinski definition) is 1. The lowest BCUT2D eigenvalue weighted by atomic mass is 9.99. The van der Waals surface area contributed by atoms with Gasteiger partial charge in [0, 0.05) is 18.5 Å². The Morgan fingerprint density at radius 1 is 1.25 bits per heavy atom. The molecule has 2 aliphatic rings. The molecule has 0 aromatic heterocycles. The van der Waals surface area contributed by atoms with Crippen LogP contribution in [0.5, 0.6) is 0 Å². The number of Topliss-reactive ketones (excluding diaryl/α,β-unsaturated/α-hetero) is 1. The molecule has 1 aromatic carbocycles. The Morgan fingerprint density at radius 2 is 1.90 bits per heavy atom. The normalized spacial score (nSPS) is 29.6. The van der Waals surface area contributed by atoms with Gasteiger partial charge in [0.25, 0.3) is 0 Å². The van der Waals surface area contributed by atoms with Gasteiger partial charge in [0.15, 0.2) is 5.78 Å². The molecule has 108 valence electrons. The van der Waals surface area contributed by atoms with E-state index >= 15 is 0 Å². The number of hydrogen-bond acceptors (Lipinski definition) is 3. The predicted octanol–water partition coefficient (Wildman–Crippen LogP) is 1.92. The minimum Gasteiger partial charge on any atom is -0.393 e. The highest BCUT2D eigenvalue weighted by Crippen LogP contribution is 2.35. The summed E-state index contributed by atoms with van der Waals surface area (Å²) in [4.78, 5) is 14.4.